The molecule has 0 aliphatic heterocycles. The minimum Gasteiger partial charge on any atom is -0.497 e. The van der Waals surface area contributed by atoms with Crippen molar-refractivity contribution in [1.29, 1.82) is 0 Å². The minimum atomic E-state index is -0.141. The Balaban J connectivity index is 1.12. The summed E-state index contributed by atoms with van der Waals surface area (Å²) in [7, 11) is 3.35. The molecule has 1 amide bonds. The van der Waals surface area contributed by atoms with Crippen molar-refractivity contribution in [2.75, 3.05) is 20.8 Å². The summed E-state index contributed by atoms with van der Waals surface area (Å²) in [5, 5.41) is 19.0. The maximum atomic E-state index is 13.2. The van der Waals surface area contributed by atoms with Crippen molar-refractivity contribution >= 4 is 11.6 Å². The highest BCUT2D eigenvalue weighted by molar-refractivity contribution is 5.97. The minimum absolute atomic E-state index is 0.0753. The number of ether oxygens (including phenoxy) is 2. The average molecular weight is 628 g/mol. The van der Waals surface area contributed by atoms with Crippen molar-refractivity contribution in [3.63, 3.8) is 0 Å². The van der Waals surface area contributed by atoms with Crippen LogP contribution in [0.15, 0.2) is 65.3 Å². The second kappa shape index (κ2) is 13.5. The van der Waals surface area contributed by atoms with Gasteiger partial charge in [0.1, 0.15) is 11.5 Å². The SMILES string of the molecule is CCC(c1ccc(OC)cc1)C(NCC(=O)N/N=C1/C=C2CCC3C(CCC4(C)C(O)CCC34)C2(C)CC1)c1ccc(OC)cc1. The molecule has 46 heavy (non-hydrogen) atoms. The van der Waals surface area contributed by atoms with Crippen LogP contribution >= 0.6 is 0 Å². The molecule has 3 saturated carbocycles. The van der Waals surface area contributed by atoms with Gasteiger partial charge in [-0.2, -0.15) is 5.10 Å². The fourth-order valence-electron chi connectivity index (χ4n) is 9.83. The maximum Gasteiger partial charge on any atom is 0.254 e. The van der Waals surface area contributed by atoms with E-state index in [1.165, 1.54) is 30.4 Å². The van der Waals surface area contributed by atoms with Crippen molar-refractivity contribution in [3.05, 3.63) is 71.3 Å². The highest BCUT2D eigenvalue weighted by atomic mass is 16.5. The van der Waals surface area contributed by atoms with Crippen LogP contribution in [0.5, 0.6) is 11.5 Å². The van der Waals surface area contributed by atoms with Crippen molar-refractivity contribution in [2.45, 2.75) is 96.6 Å². The van der Waals surface area contributed by atoms with E-state index in [4.69, 9.17) is 9.47 Å². The molecule has 3 fully saturated rings. The molecule has 8 atom stereocenters. The lowest BCUT2D eigenvalue weighted by Crippen LogP contribution is -2.51. The summed E-state index contributed by atoms with van der Waals surface area (Å²) in [6.07, 6.45) is 11.8. The Hall–Kier alpha value is -3.16. The van der Waals surface area contributed by atoms with Gasteiger partial charge in [0.15, 0.2) is 0 Å². The van der Waals surface area contributed by atoms with E-state index in [9.17, 15) is 9.90 Å². The topological polar surface area (TPSA) is 92.2 Å². The molecule has 4 aliphatic rings. The number of hydrogen-bond acceptors (Lipinski definition) is 6. The molecule has 248 valence electrons. The number of carbonyl (C=O) groups excluding carboxylic acids is 1. The number of nitrogens with zero attached hydrogens (tertiary/aromatic N) is 1. The fourth-order valence-corrected chi connectivity index (χ4v) is 9.83. The van der Waals surface area contributed by atoms with Crippen LogP contribution in [0.4, 0.5) is 0 Å². The predicted octanol–water partition coefficient (Wildman–Crippen LogP) is 7.32. The number of nitrogens with one attached hydrogen (secondary N) is 2. The fraction of sp³-hybridized carbons (Fsp3) is 0.590. The van der Waals surface area contributed by atoms with Crippen molar-refractivity contribution < 1.29 is 19.4 Å². The molecule has 0 spiro atoms. The maximum absolute atomic E-state index is 13.2. The number of hydrogen-bond donors (Lipinski definition) is 3. The Kier molecular flexibility index (Phi) is 9.63. The average Bonchev–Trinajstić information content (AvgIpc) is 3.39. The van der Waals surface area contributed by atoms with Crippen molar-refractivity contribution in [2.24, 2.45) is 33.7 Å². The molecule has 8 unspecified atom stereocenters. The smallest absolute Gasteiger partial charge is 0.254 e. The molecule has 7 heteroatoms. The summed E-state index contributed by atoms with van der Waals surface area (Å²) in [5.41, 5.74) is 7.96. The van der Waals surface area contributed by atoms with Crippen LogP contribution in [0.2, 0.25) is 0 Å². The zero-order valence-electron chi connectivity index (χ0n) is 28.4. The Morgan fingerprint density at radius 3 is 2.24 bits per heavy atom. The standard InChI is InChI=1S/C39H53N3O4/c1-6-31(25-7-12-29(45-4)13-8-25)37(26-9-14-30(46-5)15-10-26)40-24-36(44)42-41-28-19-21-38(2)27(23-28)11-16-32-33-17-18-35(43)39(33,3)22-20-34(32)38/h7-10,12-15,23,31-35,37,40,43H,6,11,16-22,24H2,1-5H3,(H,42,44)/b41-28+. The molecule has 7 nitrogen and oxygen atoms in total. The third-order valence-electron chi connectivity index (χ3n) is 12.6. The number of allylic oxidation sites excluding steroid dienone is 2. The number of aliphatic hydroxyl groups excluding tert-OH is 1. The monoisotopic (exact) mass is 627 g/mol. The summed E-state index contributed by atoms with van der Waals surface area (Å²) in [6.45, 7) is 7.17. The Morgan fingerprint density at radius 1 is 0.913 bits per heavy atom. The first-order chi connectivity index (χ1) is 22.2. The predicted molar refractivity (Wildman–Crippen MR) is 183 cm³/mol. The number of hydrazone groups is 1. The van der Waals surface area contributed by atoms with Crippen LogP contribution < -0.4 is 20.2 Å². The largest absolute Gasteiger partial charge is 0.497 e. The van der Waals surface area contributed by atoms with Crippen LogP contribution in [-0.4, -0.2) is 43.6 Å². The molecule has 6 rings (SSSR count). The zero-order valence-corrected chi connectivity index (χ0v) is 28.4. The summed E-state index contributed by atoms with van der Waals surface area (Å²) < 4.78 is 10.8. The van der Waals surface area contributed by atoms with Gasteiger partial charge >= 0.3 is 0 Å². The normalized spacial score (nSPS) is 32.4. The van der Waals surface area contributed by atoms with Gasteiger partial charge in [-0.15, -0.1) is 0 Å². The lowest BCUT2D eigenvalue weighted by atomic mass is 9.47. The van der Waals surface area contributed by atoms with Crippen molar-refractivity contribution in [1.82, 2.24) is 10.7 Å². The third kappa shape index (κ3) is 6.13. The molecule has 0 bridgehead atoms. The number of rotatable bonds is 10. The second-order valence-corrected chi connectivity index (χ2v) is 14.7. The Labute approximate surface area is 275 Å². The number of fused-ring (bicyclic) bond motifs is 5. The van der Waals surface area contributed by atoms with E-state index < -0.39 is 0 Å². The summed E-state index contributed by atoms with van der Waals surface area (Å²) in [6, 6.07) is 16.2. The van der Waals surface area contributed by atoms with Crippen LogP contribution in [0.25, 0.3) is 0 Å². The molecule has 2 aromatic carbocycles. The van der Waals surface area contributed by atoms with E-state index in [-0.39, 0.29) is 41.3 Å². The van der Waals surface area contributed by atoms with E-state index >= 15 is 0 Å². The summed E-state index contributed by atoms with van der Waals surface area (Å²) in [4.78, 5) is 13.2. The molecule has 2 aromatic rings. The van der Waals surface area contributed by atoms with Gasteiger partial charge in [-0.25, -0.2) is 5.43 Å². The van der Waals surface area contributed by atoms with Gasteiger partial charge in [-0.1, -0.05) is 50.6 Å². The van der Waals surface area contributed by atoms with Gasteiger partial charge in [0.25, 0.3) is 5.91 Å². The third-order valence-corrected chi connectivity index (χ3v) is 12.6. The molecule has 0 saturated heterocycles. The van der Waals surface area contributed by atoms with E-state index in [1.54, 1.807) is 14.2 Å². The summed E-state index contributed by atoms with van der Waals surface area (Å²) >= 11 is 0. The molecule has 0 heterocycles. The Bertz CT molecular complexity index is 1440. The first-order valence-corrected chi connectivity index (χ1v) is 17.5. The highest BCUT2D eigenvalue weighted by Gasteiger charge is 2.58. The van der Waals surface area contributed by atoms with Gasteiger partial charge in [-0.05, 0) is 128 Å². The van der Waals surface area contributed by atoms with Crippen LogP contribution in [-0.2, 0) is 4.79 Å². The molecule has 0 aromatic heterocycles. The van der Waals surface area contributed by atoms with E-state index in [1.807, 2.05) is 24.3 Å². The summed E-state index contributed by atoms with van der Waals surface area (Å²) in [5.74, 6) is 3.69. The zero-order chi connectivity index (χ0) is 32.5. The highest BCUT2D eigenvalue weighted by Crippen LogP contribution is 2.65. The number of methoxy groups -OCH3 is 2. The van der Waals surface area contributed by atoms with Crippen molar-refractivity contribution in [3.8, 4) is 11.5 Å². The lowest BCUT2D eigenvalue weighted by Gasteiger charge is -2.57. The van der Waals surface area contributed by atoms with Crippen LogP contribution in [0.1, 0.15) is 102 Å². The Morgan fingerprint density at radius 2 is 1.59 bits per heavy atom. The number of carbonyl (C=O) groups is 1. The van der Waals surface area contributed by atoms with Gasteiger partial charge in [0.05, 0.1) is 32.6 Å². The lowest BCUT2D eigenvalue weighted by molar-refractivity contribution is -0.120. The van der Waals surface area contributed by atoms with E-state index in [0.717, 1.165) is 61.3 Å². The quantitative estimate of drug-likeness (QED) is 0.240. The number of aliphatic hydroxyl groups is 1. The van der Waals surface area contributed by atoms with Gasteiger partial charge in [0.2, 0.25) is 0 Å². The number of benzene rings is 2. The molecular formula is C39H53N3O4. The second-order valence-electron chi connectivity index (χ2n) is 14.7. The van der Waals surface area contributed by atoms with E-state index in [2.05, 4.69) is 67.0 Å². The first kappa shape index (κ1) is 32.8. The van der Waals surface area contributed by atoms with Crippen LogP contribution in [0.3, 0.4) is 0 Å². The van der Waals surface area contributed by atoms with Gasteiger partial charge < -0.3 is 19.9 Å². The van der Waals surface area contributed by atoms with Gasteiger partial charge in [-0.3, -0.25) is 4.79 Å². The molecular weight excluding hydrogens is 574 g/mol. The molecule has 3 N–H and O–H groups in total. The first-order valence-electron chi connectivity index (χ1n) is 17.5. The van der Waals surface area contributed by atoms with E-state index in [0.29, 0.717) is 17.8 Å². The molecule has 0 radical (unpaired) electrons. The van der Waals surface area contributed by atoms with Crippen LogP contribution in [0, 0.1) is 28.6 Å². The number of amides is 1. The van der Waals surface area contributed by atoms with Gasteiger partial charge in [0, 0.05) is 12.0 Å². The molecule has 4 aliphatic carbocycles.